The van der Waals surface area contributed by atoms with Crippen LogP contribution in [0.1, 0.15) is 13.8 Å². The van der Waals surface area contributed by atoms with Crippen molar-refractivity contribution in [2.24, 2.45) is 10.8 Å². The van der Waals surface area contributed by atoms with Crippen molar-refractivity contribution in [3.8, 4) is 0 Å². The van der Waals surface area contributed by atoms with E-state index in [4.69, 9.17) is 5.73 Å². The highest BCUT2D eigenvalue weighted by atomic mass is 32.2. The van der Waals surface area contributed by atoms with Crippen molar-refractivity contribution in [2.75, 3.05) is 11.5 Å². The molecule has 1 fully saturated rings. The number of primary amides is 1. The summed E-state index contributed by atoms with van der Waals surface area (Å²) in [7, 11) is 0. The normalized spacial score (nSPS) is 21.5. The summed E-state index contributed by atoms with van der Waals surface area (Å²) >= 11 is 3.69. The van der Waals surface area contributed by atoms with Gasteiger partial charge < -0.3 is 5.73 Å². The number of hydrogen-bond acceptors (Lipinski definition) is 4. The quantitative estimate of drug-likeness (QED) is 0.542. The number of carbonyl (C=O) groups excluding carboxylic acids is 1. The molecule has 13 heavy (non-hydrogen) atoms. The van der Waals surface area contributed by atoms with E-state index in [2.05, 4.69) is 17.5 Å². The number of nitrogens with zero attached hydrogens (tertiary/aromatic N) is 1. The van der Waals surface area contributed by atoms with Crippen molar-refractivity contribution >= 4 is 35.3 Å². The second-order valence-corrected chi connectivity index (χ2v) is 6.10. The lowest BCUT2D eigenvalue weighted by Gasteiger charge is -2.20. The Bertz CT molecular complexity index is 236. The molecule has 1 heterocycles. The molecule has 0 saturated carbocycles. The number of hydrogen-bond donors (Lipinski definition) is 2. The molecule has 0 atom stereocenters. The number of carbonyl (C=O) groups is 1. The monoisotopic (exact) mass is 219 g/mol. The minimum atomic E-state index is -0.615. The summed E-state index contributed by atoms with van der Waals surface area (Å²) in [6, 6.07) is -0.615. The number of nitrogens with two attached hydrogens (primary N) is 1. The molecule has 0 spiro atoms. The lowest BCUT2D eigenvalue weighted by Crippen LogP contribution is -2.30. The third-order valence-electron chi connectivity index (χ3n) is 1.83. The minimum absolute atomic E-state index is 0.00243. The Hall–Kier alpha value is -0.360. The van der Waals surface area contributed by atoms with Gasteiger partial charge in [0, 0.05) is 11.5 Å². The highest BCUT2D eigenvalue weighted by Gasteiger charge is 2.33. The molecule has 0 bridgehead atoms. The van der Waals surface area contributed by atoms with E-state index in [9.17, 15) is 4.79 Å². The molecule has 0 aliphatic carbocycles. The minimum Gasteiger partial charge on any atom is -0.350 e. The van der Waals surface area contributed by atoms with Gasteiger partial charge in [-0.1, -0.05) is 0 Å². The summed E-state index contributed by atoms with van der Waals surface area (Å²) in [6.45, 7) is 4.01. The first-order valence-corrected chi connectivity index (χ1v) is 5.90. The number of amides is 2. The summed E-state index contributed by atoms with van der Waals surface area (Å²) in [5, 5.41) is 3.93. The molecule has 2 amide bonds. The van der Waals surface area contributed by atoms with Gasteiger partial charge in [0.25, 0.3) is 0 Å². The fourth-order valence-corrected chi connectivity index (χ4v) is 3.75. The smallest absolute Gasteiger partial charge is 0.332 e. The van der Waals surface area contributed by atoms with E-state index in [0.29, 0.717) is 0 Å². The van der Waals surface area contributed by atoms with Gasteiger partial charge in [-0.3, -0.25) is 0 Å². The molecule has 0 radical (unpaired) electrons. The zero-order chi connectivity index (χ0) is 9.90. The van der Waals surface area contributed by atoms with Crippen molar-refractivity contribution < 1.29 is 4.79 Å². The van der Waals surface area contributed by atoms with Crippen LogP contribution in [-0.4, -0.2) is 27.3 Å². The van der Waals surface area contributed by atoms with Gasteiger partial charge in [0.1, 0.15) is 0 Å². The molecule has 0 aromatic heterocycles. The van der Waals surface area contributed by atoms with Crippen LogP contribution in [0.25, 0.3) is 0 Å². The largest absolute Gasteiger partial charge is 0.350 e. The van der Waals surface area contributed by atoms with Gasteiger partial charge >= 0.3 is 6.03 Å². The van der Waals surface area contributed by atoms with E-state index in [-0.39, 0.29) is 4.08 Å². The molecule has 1 aliphatic rings. The van der Waals surface area contributed by atoms with Crippen LogP contribution < -0.4 is 11.2 Å². The molecule has 0 aromatic rings. The summed E-state index contributed by atoms with van der Waals surface area (Å²) in [5.41, 5.74) is 8.06. The van der Waals surface area contributed by atoms with Crippen LogP contribution in [0.3, 0.4) is 0 Å². The van der Waals surface area contributed by atoms with Gasteiger partial charge in [-0.05, 0) is 13.8 Å². The maximum absolute atomic E-state index is 10.4. The summed E-state index contributed by atoms with van der Waals surface area (Å²) in [5.74, 6) is 2.26. The van der Waals surface area contributed by atoms with Crippen LogP contribution in [0.4, 0.5) is 4.79 Å². The molecule has 0 aromatic carbocycles. The topological polar surface area (TPSA) is 67.5 Å². The second kappa shape index (κ2) is 4.23. The van der Waals surface area contributed by atoms with Crippen molar-refractivity contribution in [3.63, 3.8) is 0 Å². The van der Waals surface area contributed by atoms with E-state index in [1.807, 2.05) is 30.4 Å². The van der Waals surface area contributed by atoms with E-state index in [1.165, 1.54) is 0 Å². The van der Waals surface area contributed by atoms with Crippen LogP contribution >= 0.6 is 23.5 Å². The van der Waals surface area contributed by atoms with Crippen molar-refractivity contribution in [2.45, 2.75) is 17.9 Å². The highest BCUT2D eigenvalue weighted by Crippen LogP contribution is 2.44. The number of hydrazone groups is 1. The van der Waals surface area contributed by atoms with Crippen LogP contribution in [0, 0.1) is 0 Å². The number of thioether (sulfide) groups is 2. The van der Waals surface area contributed by atoms with E-state index < -0.39 is 6.03 Å². The molecular weight excluding hydrogens is 206 g/mol. The predicted octanol–water partition coefficient (Wildman–Crippen LogP) is 1.23. The molecule has 4 nitrogen and oxygen atoms in total. The number of urea groups is 1. The van der Waals surface area contributed by atoms with Crippen LogP contribution in [0.15, 0.2) is 5.10 Å². The van der Waals surface area contributed by atoms with Crippen molar-refractivity contribution in [3.05, 3.63) is 0 Å². The molecular formula is C7H13N3OS2. The fourth-order valence-electron chi connectivity index (χ4n) is 0.964. The summed E-state index contributed by atoms with van der Waals surface area (Å²) in [6.07, 6.45) is 0. The first-order chi connectivity index (χ1) is 6.04. The van der Waals surface area contributed by atoms with Gasteiger partial charge in [0.05, 0.1) is 9.79 Å². The summed E-state index contributed by atoms with van der Waals surface area (Å²) in [4.78, 5) is 10.4. The number of rotatable bonds is 2. The van der Waals surface area contributed by atoms with Crippen molar-refractivity contribution in [1.29, 1.82) is 0 Å². The molecule has 74 valence electrons. The lowest BCUT2D eigenvalue weighted by molar-refractivity contribution is 0.249. The average Bonchev–Trinajstić information content (AvgIpc) is 2.49. The highest BCUT2D eigenvalue weighted by molar-refractivity contribution is 8.22. The Morgan fingerprint density at radius 3 is 2.54 bits per heavy atom. The molecule has 6 heteroatoms. The van der Waals surface area contributed by atoms with E-state index in [1.54, 1.807) is 0 Å². The Balaban J connectivity index is 2.59. The Kier molecular flexibility index (Phi) is 3.49. The zero-order valence-electron chi connectivity index (χ0n) is 7.66. The summed E-state index contributed by atoms with van der Waals surface area (Å²) < 4.78 is 0.00243. The predicted molar refractivity (Wildman–Crippen MR) is 59.1 cm³/mol. The Labute approximate surface area is 86.1 Å². The first-order valence-electron chi connectivity index (χ1n) is 3.93. The Morgan fingerprint density at radius 1 is 1.54 bits per heavy atom. The maximum atomic E-state index is 10.4. The lowest BCUT2D eigenvalue weighted by atomic mass is 10.3. The van der Waals surface area contributed by atoms with Crippen LogP contribution in [0.5, 0.6) is 0 Å². The van der Waals surface area contributed by atoms with Gasteiger partial charge in [-0.2, -0.15) is 5.10 Å². The zero-order valence-corrected chi connectivity index (χ0v) is 9.30. The molecule has 0 unspecified atom stereocenters. The van der Waals surface area contributed by atoms with E-state index in [0.717, 1.165) is 17.2 Å². The van der Waals surface area contributed by atoms with E-state index >= 15 is 0 Å². The molecule has 3 N–H and O–H groups in total. The van der Waals surface area contributed by atoms with Gasteiger partial charge in [-0.25, -0.2) is 10.2 Å². The third-order valence-corrected chi connectivity index (χ3v) is 5.30. The van der Waals surface area contributed by atoms with Gasteiger partial charge in [0.15, 0.2) is 0 Å². The van der Waals surface area contributed by atoms with Crippen LogP contribution in [-0.2, 0) is 0 Å². The number of nitrogens with one attached hydrogen (secondary N) is 1. The van der Waals surface area contributed by atoms with Gasteiger partial charge in [-0.15, -0.1) is 23.5 Å². The molecule has 1 aliphatic heterocycles. The Morgan fingerprint density at radius 2 is 2.08 bits per heavy atom. The first kappa shape index (κ1) is 10.7. The van der Waals surface area contributed by atoms with Crippen molar-refractivity contribution in [1.82, 2.24) is 5.43 Å². The third kappa shape index (κ3) is 2.80. The molecule has 1 saturated heterocycles. The van der Waals surface area contributed by atoms with Gasteiger partial charge in [0.2, 0.25) is 0 Å². The molecule has 1 rings (SSSR count). The second-order valence-electron chi connectivity index (χ2n) is 2.82. The SMILES string of the molecule is C/C(=N\NC(N)=O)C1(C)SCCS1. The van der Waals surface area contributed by atoms with Crippen LogP contribution in [0.2, 0.25) is 0 Å². The average molecular weight is 219 g/mol. The fraction of sp³-hybridized carbons (Fsp3) is 0.714. The standard InChI is InChI=1S/C7H13N3OS2/c1-5(9-10-6(8)11)7(2)12-3-4-13-7/h3-4H2,1-2H3,(H3,8,10,11)/b9-5+. The maximum Gasteiger partial charge on any atom is 0.332 e.